The zero-order valence-electron chi connectivity index (χ0n) is 14.2. The van der Waals surface area contributed by atoms with Crippen LogP contribution in [0, 0.1) is 5.92 Å². The Morgan fingerprint density at radius 3 is 3.00 bits per heavy atom. The molecule has 0 spiro atoms. The predicted octanol–water partition coefficient (Wildman–Crippen LogP) is 2.67. The van der Waals surface area contributed by atoms with E-state index in [1.165, 1.54) is 12.8 Å². The molecule has 3 rings (SSSR count). The smallest absolute Gasteiger partial charge is 0.317 e. The van der Waals surface area contributed by atoms with Crippen LogP contribution in [-0.2, 0) is 13.5 Å². The number of hydrogen-bond donors (Lipinski definition) is 1. The number of nitrogens with zero attached hydrogens (tertiary/aromatic N) is 3. The fourth-order valence-electron chi connectivity index (χ4n) is 3.82. The SMILES string of the molecule is CSC1CCC(NC(=O)N2CCCC(Cc3nccn3C)C2)C1. The van der Waals surface area contributed by atoms with Gasteiger partial charge in [-0.25, -0.2) is 9.78 Å². The molecule has 5 nitrogen and oxygen atoms in total. The Morgan fingerprint density at radius 1 is 1.43 bits per heavy atom. The van der Waals surface area contributed by atoms with E-state index in [0.717, 1.165) is 49.8 Å². The molecule has 2 aliphatic rings. The van der Waals surface area contributed by atoms with Crippen LogP contribution in [0.4, 0.5) is 4.79 Å². The highest BCUT2D eigenvalue weighted by Crippen LogP contribution is 2.28. The summed E-state index contributed by atoms with van der Waals surface area (Å²) >= 11 is 1.93. The molecule has 0 bridgehead atoms. The minimum absolute atomic E-state index is 0.140. The van der Waals surface area contributed by atoms with Crippen molar-refractivity contribution < 1.29 is 4.79 Å². The maximum absolute atomic E-state index is 12.6. The number of carbonyl (C=O) groups is 1. The number of imidazole rings is 1. The van der Waals surface area contributed by atoms with Crippen molar-refractivity contribution in [1.82, 2.24) is 19.8 Å². The van der Waals surface area contributed by atoms with Crippen LogP contribution in [0.2, 0.25) is 0 Å². The van der Waals surface area contributed by atoms with E-state index in [4.69, 9.17) is 0 Å². The van der Waals surface area contributed by atoms with Crippen molar-refractivity contribution in [1.29, 1.82) is 0 Å². The second-order valence-corrected chi connectivity index (χ2v) is 8.07. The van der Waals surface area contributed by atoms with Crippen LogP contribution in [0.5, 0.6) is 0 Å². The fraction of sp³-hybridized carbons (Fsp3) is 0.765. The lowest BCUT2D eigenvalue weighted by Crippen LogP contribution is -2.48. The Labute approximate surface area is 143 Å². The van der Waals surface area contributed by atoms with Gasteiger partial charge in [-0.1, -0.05) is 0 Å². The Bertz CT molecular complexity index is 532. The lowest BCUT2D eigenvalue weighted by molar-refractivity contribution is 0.161. The number of nitrogens with one attached hydrogen (secondary N) is 1. The number of aryl methyl sites for hydroxylation is 1. The van der Waals surface area contributed by atoms with Gasteiger partial charge in [-0.3, -0.25) is 0 Å². The van der Waals surface area contributed by atoms with E-state index in [2.05, 4.69) is 21.1 Å². The van der Waals surface area contributed by atoms with Gasteiger partial charge >= 0.3 is 6.03 Å². The number of thioether (sulfide) groups is 1. The maximum atomic E-state index is 12.6. The third-order valence-electron chi connectivity index (χ3n) is 5.24. The van der Waals surface area contributed by atoms with Crippen LogP contribution in [-0.4, -0.2) is 51.1 Å². The minimum atomic E-state index is 0.140. The number of carbonyl (C=O) groups excluding carboxylic acids is 1. The Balaban J connectivity index is 1.50. The van der Waals surface area contributed by atoms with E-state index in [-0.39, 0.29) is 6.03 Å². The summed E-state index contributed by atoms with van der Waals surface area (Å²) in [5.41, 5.74) is 0. The molecule has 2 heterocycles. The van der Waals surface area contributed by atoms with Crippen LogP contribution in [0.25, 0.3) is 0 Å². The summed E-state index contributed by atoms with van der Waals surface area (Å²) in [6.07, 6.45) is 12.7. The van der Waals surface area contributed by atoms with Gasteiger partial charge in [0.2, 0.25) is 0 Å². The van der Waals surface area contributed by atoms with Crippen molar-refractivity contribution in [3.05, 3.63) is 18.2 Å². The summed E-state index contributed by atoms with van der Waals surface area (Å²) in [6.45, 7) is 1.75. The molecule has 1 aromatic heterocycles. The molecule has 23 heavy (non-hydrogen) atoms. The van der Waals surface area contributed by atoms with Crippen LogP contribution in [0.1, 0.15) is 37.9 Å². The van der Waals surface area contributed by atoms with Gasteiger partial charge in [0.05, 0.1) is 0 Å². The Hall–Kier alpha value is -1.17. The van der Waals surface area contributed by atoms with Crippen molar-refractivity contribution in [3.8, 4) is 0 Å². The van der Waals surface area contributed by atoms with Gasteiger partial charge in [0.15, 0.2) is 0 Å². The van der Waals surface area contributed by atoms with Crippen LogP contribution < -0.4 is 5.32 Å². The summed E-state index contributed by atoms with van der Waals surface area (Å²) in [4.78, 5) is 19.0. The molecule has 128 valence electrons. The van der Waals surface area contributed by atoms with Gasteiger partial charge in [-0.15, -0.1) is 0 Å². The van der Waals surface area contributed by atoms with Gasteiger partial charge in [-0.05, 0) is 44.3 Å². The lowest BCUT2D eigenvalue weighted by Gasteiger charge is -2.33. The summed E-state index contributed by atoms with van der Waals surface area (Å²) in [5.74, 6) is 1.65. The molecule has 1 aliphatic carbocycles. The van der Waals surface area contributed by atoms with Crippen molar-refractivity contribution >= 4 is 17.8 Å². The van der Waals surface area contributed by atoms with Crippen molar-refractivity contribution in [2.24, 2.45) is 13.0 Å². The number of aromatic nitrogens is 2. The summed E-state index contributed by atoms with van der Waals surface area (Å²) in [5, 5.41) is 3.98. The molecule has 2 fully saturated rings. The third-order valence-corrected chi connectivity index (χ3v) is 6.34. The van der Waals surface area contributed by atoms with Gasteiger partial charge in [0.1, 0.15) is 5.82 Å². The zero-order chi connectivity index (χ0) is 16.2. The second-order valence-electron chi connectivity index (χ2n) is 6.93. The fourth-order valence-corrected chi connectivity index (χ4v) is 4.62. The highest BCUT2D eigenvalue weighted by molar-refractivity contribution is 7.99. The molecule has 0 radical (unpaired) electrons. The van der Waals surface area contributed by atoms with E-state index in [1.54, 1.807) is 0 Å². The van der Waals surface area contributed by atoms with Crippen LogP contribution in [0.15, 0.2) is 12.4 Å². The normalized spacial score (nSPS) is 28.1. The average Bonchev–Trinajstić information content (AvgIpc) is 3.17. The van der Waals surface area contributed by atoms with E-state index in [0.29, 0.717) is 12.0 Å². The summed E-state index contributed by atoms with van der Waals surface area (Å²) in [7, 11) is 2.04. The summed E-state index contributed by atoms with van der Waals surface area (Å²) in [6, 6.07) is 0.510. The molecular formula is C17H28N4OS. The second kappa shape index (κ2) is 7.60. The summed E-state index contributed by atoms with van der Waals surface area (Å²) < 4.78 is 2.08. The largest absolute Gasteiger partial charge is 0.338 e. The molecule has 1 saturated carbocycles. The monoisotopic (exact) mass is 336 g/mol. The highest BCUT2D eigenvalue weighted by atomic mass is 32.2. The number of hydrogen-bond acceptors (Lipinski definition) is 3. The standard InChI is InChI=1S/C17H28N4OS/c1-20-9-7-18-16(20)10-13-4-3-8-21(12-13)17(22)19-14-5-6-15(11-14)23-2/h7,9,13-15H,3-6,8,10-12H2,1-2H3,(H,19,22). The first-order valence-electron chi connectivity index (χ1n) is 8.70. The van der Waals surface area contributed by atoms with Crippen LogP contribution >= 0.6 is 11.8 Å². The van der Waals surface area contributed by atoms with Crippen molar-refractivity contribution in [2.45, 2.75) is 49.8 Å². The predicted molar refractivity (Wildman–Crippen MR) is 94.7 cm³/mol. The Kier molecular flexibility index (Phi) is 5.51. The third kappa shape index (κ3) is 4.22. The van der Waals surface area contributed by atoms with Gasteiger partial charge in [0, 0.05) is 50.2 Å². The number of likely N-dealkylation sites (tertiary alicyclic amines) is 1. The number of urea groups is 1. The first-order chi connectivity index (χ1) is 11.2. The van der Waals surface area contributed by atoms with Gasteiger partial charge in [0.25, 0.3) is 0 Å². The maximum Gasteiger partial charge on any atom is 0.317 e. The molecule has 6 heteroatoms. The first-order valence-corrected chi connectivity index (χ1v) is 9.99. The highest BCUT2D eigenvalue weighted by Gasteiger charge is 2.29. The molecule has 1 saturated heterocycles. The van der Waals surface area contributed by atoms with E-state index in [9.17, 15) is 4.79 Å². The Morgan fingerprint density at radius 2 is 2.30 bits per heavy atom. The number of rotatable bonds is 4. The minimum Gasteiger partial charge on any atom is -0.338 e. The van der Waals surface area contributed by atoms with Crippen molar-refractivity contribution in [2.75, 3.05) is 19.3 Å². The quantitative estimate of drug-likeness (QED) is 0.920. The lowest BCUT2D eigenvalue weighted by atomic mass is 9.94. The molecule has 1 aliphatic heterocycles. The first kappa shape index (κ1) is 16.7. The molecule has 2 amide bonds. The average molecular weight is 337 g/mol. The molecule has 3 atom stereocenters. The molecule has 3 unspecified atom stereocenters. The topological polar surface area (TPSA) is 50.2 Å². The van der Waals surface area contributed by atoms with E-state index < -0.39 is 0 Å². The van der Waals surface area contributed by atoms with Crippen molar-refractivity contribution in [3.63, 3.8) is 0 Å². The van der Waals surface area contributed by atoms with Gasteiger partial charge in [-0.2, -0.15) is 11.8 Å². The van der Waals surface area contributed by atoms with Crippen LogP contribution in [0.3, 0.4) is 0 Å². The number of piperidine rings is 1. The van der Waals surface area contributed by atoms with Gasteiger partial charge < -0.3 is 14.8 Å². The molecule has 1 N–H and O–H groups in total. The molecule has 0 aromatic carbocycles. The number of amides is 2. The van der Waals surface area contributed by atoms with E-state index in [1.807, 2.05) is 36.1 Å². The molecule has 1 aromatic rings. The van der Waals surface area contributed by atoms with E-state index >= 15 is 0 Å². The molecular weight excluding hydrogens is 308 g/mol. The zero-order valence-corrected chi connectivity index (χ0v) is 15.0.